The van der Waals surface area contributed by atoms with Crippen LogP contribution in [-0.4, -0.2) is 136 Å². The predicted molar refractivity (Wildman–Crippen MR) is 318 cm³/mol. The number of phenols is 3. The molecule has 86 heavy (non-hydrogen) atoms. The van der Waals surface area contributed by atoms with Gasteiger partial charge in [0.05, 0.1) is 77.7 Å². The minimum Gasteiger partial charge on any atom is -0.507 e. The molecule has 4 heterocycles. The van der Waals surface area contributed by atoms with Crippen molar-refractivity contribution in [1.29, 1.82) is 0 Å². The van der Waals surface area contributed by atoms with Crippen LogP contribution in [0.25, 0.3) is 10.8 Å². The third-order valence-corrected chi connectivity index (χ3v) is 16.5. The number of esters is 1. The van der Waals surface area contributed by atoms with Crippen LogP contribution in [0, 0.1) is 42.2 Å². The van der Waals surface area contributed by atoms with Crippen molar-refractivity contribution in [1.82, 2.24) is 10.3 Å². The van der Waals surface area contributed by atoms with Crippen LogP contribution in [0.2, 0.25) is 0 Å². The van der Waals surface area contributed by atoms with Gasteiger partial charge in [-0.05, 0) is 67.8 Å². The molecule has 5 aromatic rings. The van der Waals surface area contributed by atoms with E-state index in [1.807, 2.05) is 4.90 Å². The summed E-state index contributed by atoms with van der Waals surface area (Å²) in [6.45, 7) is 13.2. The average molecular weight is 1190 g/mol. The lowest BCUT2D eigenvalue weighted by molar-refractivity contribution is -0.160. The molecule has 9 rings (SSSR count). The van der Waals surface area contributed by atoms with Crippen molar-refractivity contribution in [3.8, 4) is 23.0 Å². The maximum atomic E-state index is 15.1. The van der Waals surface area contributed by atoms with E-state index in [-0.39, 0.29) is 83.7 Å². The quantitative estimate of drug-likeness (QED) is 0.0268. The van der Waals surface area contributed by atoms with Crippen molar-refractivity contribution < 1.29 is 77.2 Å². The van der Waals surface area contributed by atoms with Gasteiger partial charge in [-0.1, -0.05) is 88.4 Å². The molecule has 1 unspecified atom stereocenters. The summed E-state index contributed by atoms with van der Waals surface area (Å²) in [5.74, 6) is -11.9. The number of piperazine rings is 1. The Morgan fingerprint density at radius 1 is 0.872 bits per heavy atom. The van der Waals surface area contributed by atoms with Crippen LogP contribution in [0.3, 0.4) is 0 Å². The van der Waals surface area contributed by atoms with Gasteiger partial charge in [0, 0.05) is 86.3 Å². The summed E-state index contributed by atoms with van der Waals surface area (Å²) in [4.78, 5) is 71.0. The normalized spacial score (nSPS) is 25.7. The van der Waals surface area contributed by atoms with E-state index in [1.165, 1.54) is 89.6 Å². The van der Waals surface area contributed by atoms with Crippen LogP contribution < -0.4 is 20.3 Å². The summed E-state index contributed by atoms with van der Waals surface area (Å²) in [6, 6.07) is 17.4. The van der Waals surface area contributed by atoms with E-state index in [0.717, 1.165) is 17.9 Å². The summed E-state index contributed by atoms with van der Waals surface area (Å²) in [5, 5.41) is 70.7. The number of rotatable bonds is 12. The molecule has 19 nitrogen and oxygen atoms in total. The van der Waals surface area contributed by atoms with E-state index >= 15 is 4.39 Å². The molecule has 0 aromatic heterocycles. The molecule has 4 aliphatic heterocycles. The fourth-order valence-electron chi connectivity index (χ4n) is 11.4. The number of fused-ring (bicyclic) bond motifs is 14. The molecular weight excluding hydrogens is 1110 g/mol. The summed E-state index contributed by atoms with van der Waals surface area (Å²) in [6.07, 6.45) is 4.08. The highest BCUT2D eigenvalue weighted by atomic mass is 19.1. The fraction of sp³-hybridized carbons (Fsp3) is 0.385. The number of phenolic OH excluding ortho intramolecular Hbond substituents is 3. The summed E-state index contributed by atoms with van der Waals surface area (Å²) < 4.78 is 53.7. The average Bonchev–Trinajstić information content (AvgIpc) is 1.87. The third kappa shape index (κ3) is 13.4. The molecule has 456 valence electrons. The molecule has 0 aliphatic carbocycles. The van der Waals surface area contributed by atoms with E-state index in [1.54, 1.807) is 75.2 Å². The minimum atomic E-state index is -2.15. The summed E-state index contributed by atoms with van der Waals surface area (Å²) in [7, 11) is 1.41. The highest BCUT2D eigenvalue weighted by Gasteiger charge is 2.50. The molecule has 21 heteroatoms. The van der Waals surface area contributed by atoms with E-state index in [0.29, 0.717) is 11.3 Å². The molecule has 0 spiro atoms. The zero-order chi connectivity index (χ0) is 62.5. The van der Waals surface area contributed by atoms with Crippen LogP contribution in [0.1, 0.15) is 91.4 Å². The van der Waals surface area contributed by atoms with Crippen LogP contribution in [0.5, 0.6) is 23.0 Å². The smallest absolute Gasteiger partial charge is 0.312 e. The number of halogens is 2. The Bertz CT molecular complexity index is 3530. The number of benzene rings is 5. The number of amides is 2. The molecule has 2 amide bonds. The largest absolute Gasteiger partial charge is 0.507 e. The van der Waals surface area contributed by atoms with Crippen molar-refractivity contribution in [2.75, 3.05) is 43.5 Å². The Labute approximate surface area is 497 Å². The van der Waals surface area contributed by atoms with Gasteiger partial charge in [0.1, 0.15) is 35.0 Å². The van der Waals surface area contributed by atoms with Gasteiger partial charge >= 0.3 is 11.8 Å². The van der Waals surface area contributed by atoms with E-state index < -0.39 is 124 Å². The Balaban J connectivity index is 1.12. The van der Waals surface area contributed by atoms with E-state index in [4.69, 9.17) is 18.9 Å². The molecule has 5 aromatic carbocycles. The number of ether oxygens (including phenoxy) is 4. The number of anilines is 2. The standard InChI is InChI=1S/C65H73F2N5O14/c1-34-16-15-17-35(2)63(81)70-54-45(33-68-72-27-25-71(26-28-72)48-23-22-43(66)31-42(48)32-49(74)47(30-41-18-11-10-12-19-41)69-64(82)44-20-13-14-21-46(44)67)58(78)51-52(59(54)79)57(77)39(6)61-53(51)62(80)65(8,86-61)84-29-24-50(83-9)36(3)60(85-40(7)73)38(5)56(76)37(4)55(34)75/h10-24,29,31,33-34,36-38,47,50,55-56,60,75-79H,25-28,30,32H2,1-9H3,(H,69,82)(H,70,81)/b16-15+,29-24+,35-17-,68-33+/t34-,36+,37+,38+,47?,50-,55-,56+,60+,65-/m0/s1. The Morgan fingerprint density at radius 2 is 1.56 bits per heavy atom. The van der Waals surface area contributed by atoms with Crippen LogP contribution in [0.4, 0.5) is 20.2 Å². The number of hydrogen-bond acceptors (Lipinski definition) is 17. The number of Topliss-reactive ketones (excluding diaryl/α,β-unsaturated/α-hetero) is 2. The van der Waals surface area contributed by atoms with Gasteiger partial charge in [0.15, 0.2) is 11.5 Å². The van der Waals surface area contributed by atoms with Gasteiger partial charge < -0.3 is 60.0 Å². The second-order valence-corrected chi connectivity index (χ2v) is 22.4. The first-order valence-corrected chi connectivity index (χ1v) is 28.4. The zero-order valence-electron chi connectivity index (χ0n) is 49.3. The lowest BCUT2D eigenvalue weighted by atomic mass is 9.78. The van der Waals surface area contributed by atoms with Gasteiger partial charge in [0.25, 0.3) is 17.6 Å². The molecule has 10 atom stereocenters. The predicted octanol–water partition coefficient (Wildman–Crippen LogP) is 8.34. The molecule has 0 radical (unpaired) electrons. The molecular formula is C65H73F2N5O14. The van der Waals surface area contributed by atoms with Crippen molar-refractivity contribution in [3.05, 3.63) is 154 Å². The van der Waals surface area contributed by atoms with Gasteiger partial charge in [-0.25, -0.2) is 8.78 Å². The van der Waals surface area contributed by atoms with Crippen molar-refractivity contribution in [2.24, 2.45) is 28.8 Å². The van der Waals surface area contributed by atoms with Crippen LogP contribution >= 0.6 is 0 Å². The van der Waals surface area contributed by atoms with Crippen LogP contribution in [-0.2, 0) is 41.4 Å². The van der Waals surface area contributed by atoms with Crippen molar-refractivity contribution in [2.45, 2.75) is 104 Å². The minimum absolute atomic E-state index is 0.0203. The number of carbonyl (C=O) groups is 5. The highest BCUT2D eigenvalue weighted by Crippen LogP contribution is 2.55. The lowest BCUT2D eigenvalue weighted by Gasteiger charge is -2.38. The molecule has 1 fully saturated rings. The molecule has 5 bridgehead atoms. The number of hydrogen-bond donors (Lipinski definition) is 7. The number of hydrazone groups is 1. The SMILES string of the molecule is CO[C@H]1/C=C/O[C@@]2(C)Oc3c(C)c(O)c4c(O)c(c(/C=N/N5CCN(c6ccc(F)cc6CC(=O)C(Cc6ccccc6)NC(=O)c6ccccc6F)CC5)c(O)c4c3C2=O)NC(=O)/C(C)=C\C=C\[C@H](C)[C@H](O)[C@@H](C)[C@@H](O)[C@@H](C)[C@H](OC(C)=O)[C@@H]1C. The number of carbonyl (C=O) groups excluding carboxylic acids is 5. The first kappa shape index (κ1) is 63.4. The monoisotopic (exact) mass is 1190 g/mol. The fourth-order valence-corrected chi connectivity index (χ4v) is 11.4. The Kier molecular flexibility index (Phi) is 19.7. The molecule has 0 saturated carbocycles. The van der Waals surface area contributed by atoms with Gasteiger partial charge in [0.2, 0.25) is 0 Å². The number of allylic oxidation sites excluding steroid dienone is 2. The lowest BCUT2D eigenvalue weighted by Crippen LogP contribution is -2.46. The third-order valence-electron chi connectivity index (χ3n) is 16.5. The highest BCUT2D eigenvalue weighted by molar-refractivity contribution is 6.24. The first-order chi connectivity index (χ1) is 40.8. The molecule has 7 N–H and O–H groups in total. The van der Waals surface area contributed by atoms with Crippen molar-refractivity contribution in [3.63, 3.8) is 0 Å². The van der Waals surface area contributed by atoms with Crippen LogP contribution in [0.15, 0.2) is 114 Å². The topological polar surface area (TPSA) is 266 Å². The number of nitrogens with one attached hydrogen (secondary N) is 2. The zero-order valence-corrected chi connectivity index (χ0v) is 49.3. The second kappa shape index (κ2) is 26.7. The van der Waals surface area contributed by atoms with Gasteiger partial charge in [-0.2, -0.15) is 5.10 Å². The maximum Gasteiger partial charge on any atom is 0.312 e. The Morgan fingerprint density at radius 3 is 2.23 bits per heavy atom. The number of aliphatic hydroxyl groups excluding tert-OH is 2. The number of aliphatic hydroxyl groups is 2. The van der Waals surface area contributed by atoms with E-state index in [9.17, 15) is 53.9 Å². The molecule has 1 saturated heterocycles. The first-order valence-electron chi connectivity index (χ1n) is 28.4. The molecule has 4 aliphatic rings. The maximum absolute atomic E-state index is 15.1. The Hall–Kier alpha value is -8.66. The summed E-state index contributed by atoms with van der Waals surface area (Å²) in [5.41, 5.74) is 0.491. The van der Waals surface area contributed by atoms with Gasteiger partial charge in [-0.15, -0.1) is 0 Å². The van der Waals surface area contributed by atoms with E-state index in [2.05, 4.69) is 15.7 Å². The summed E-state index contributed by atoms with van der Waals surface area (Å²) >= 11 is 0. The van der Waals surface area contributed by atoms with Crippen molar-refractivity contribution >= 4 is 57.7 Å². The van der Waals surface area contributed by atoms with Gasteiger partial charge in [-0.3, -0.25) is 29.0 Å². The second-order valence-electron chi connectivity index (χ2n) is 22.4. The number of ketones is 2. The number of methoxy groups -OCH3 is 1. The number of nitrogens with zero attached hydrogens (tertiary/aromatic N) is 3. The number of aromatic hydroxyl groups is 3.